The van der Waals surface area contributed by atoms with Gasteiger partial charge in [0.1, 0.15) is 0 Å². The first-order chi connectivity index (χ1) is 9.95. The summed E-state index contributed by atoms with van der Waals surface area (Å²) in [4.78, 5) is 14.4. The minimum atomic E-state index is -0.797. The molecule has 112 valence electrons. The summed E-state index contributed by atoms with van der Waals surface area (Å²) in [6, 6.07) is 11.7. The van der Waals surface area contributed by atoms with Gasteiger partial charge >= 0.3 is 5.97 Å². The number of benzene rings is 1. The molecular formula is C16H18ClNO2S. The van der Waals surface area contributed by atoms with E-state index in [1.165, 1.54) is 10.4 Å². The molecule has 0 aliphatic rings. The second-order valence-corrected chi connectivity index (χ2v) is 6.98. The minimum Gasteiger partial charge on any atom is -0.481 e. The van der Waals surface area contributed by atoms with Crippen molar-refractivity contribution < 1.29 is 9.90 Å². The Labute approximate surface area is 133 Å². The van der Waals surface area contributed by atoms with Crippen LogP contribution in [0.4, 0.5) is 0 Å². The molecule has 0 saturated carbocycles. The Kier molecular flexibility index (Phi) is 5.39. The van der Waals surface area contributed by atoms with Gasteiger partial charge in [-0.25, -0.2) is 0 Å². The second kappa shape index (κ2) is 7.07. The minimum absolute atomic E-state index is 0.468. The number of hydrogen-bond donors (Lipinski definition) is 1. The first-order valence-corrected chi connectivity index (χ1v) is 7.89. The van der Waals surface area contributed by atoms with Gasteiger partial charge in [-0.05, 0) is 37.2 Å². The van der Waals surface area contributed by atoms with E-state index in [9.17, 15) is 4.79 Å². The van der Waals surface area contributed by atoms with Crippen LogP contribution in [0.5, 0.6) is 0 Å². The molecule has 1 N–H and O–H groups in total. The van der Waals surface area contributed by atoms with Crippen molar-refractivity contribution in [3.05, 3.63) is 56.7 Å². The van der Waals surface area contributed by atoms with Gasteiger partial charge in [0.2, 0.25) is 0 Å². The summed E-state index contributed by atoms with van der Waals surface area (Å²) in [5.41, 5.74) is 2.00. The summed E-state index contributed by atoms with van der Waals surface area (Å²) in [5.74, 6) is -1.26. The highest BCUT2D eigenvalue weighted by Gasteiger charge is 2.13. The van der Waals surface area contributed by atoms with Gasteiger partial charge in [0.05, 0.1) is 10.3 Å². The fourth-order valence-electron chi connectivity index (χ4n) is 2.12. The van der Waals surface area contributed by atoms with Crippen molar-refractivity contribution in [1.29, 1.82) is 0 Å². The van der Waals surface area contributed by atoms with Gasteiger partial charge in [0.25, 0.3) is 0 Å². The third kappa shape index (κ3) is 4.56. The van der Waals surface area contributed by atoms with Crippen LogP contribution in [0.1, 0.15) is 28.8 Å². The van der Waals surface area contributed by atoms with Crippen molar-refractivity contribution in [2.75, 3.05) is 7.05 Å². The Hall–Kier alpha value is -1.36. The van der Waals surface area contributed by atoms with Gasteiger partial charge in [-0.2, -0.15) is 0 Å². The highest BCUT2D eigenvalue weighted by atomic mass is 35.5. The first kappa shape index (κ1) is 16.0. The van der Waals surface area contributed by atoms with E-state index in [1.54, 1.807) is 18.3 Å². The summed E-state index contributed by atoms with van der Waals surface area (Å²) in [6.45, 7) is 3.37. The molecule has 1 atom stereocenters. The predicted molar refractivity (Wildman–Crippen MR) is 87.0 cm³/mol. The van der Waals surface area contributed by atoms with Gasteiger partial charge < -0.3 is 5.11 Å². The van der Waals surface area contributed by atoms with Gasteiger partial charge in [-0.1, -0.05) is 35.9 Å². The molecule has 0 spiro atoms. The molecule has 1 aromatic carbocycles. The summed E-state index contributed by atoms with van der Waals surface area (Å²) < 4.78 is 0.811. The summed E-state index contributed by atoms with van der Waals surface area (Å²) >= 11 is 7.52. The summed E-state index contributed by atoms with van der Waals surface area (Å²) in [6.07, 6.45) is 0. The van der Waals surface area contributed by atoms with E-state index in [0.29, 0.717) is 0 Å². The molecule has 2 aromatic rings. The van der Waals surface area contributed by atoms with Gasteiger partial charge in [-0.15, -0.1) is 11.3 Å². The van der Waals surface area contributed by atoms with Crippen molar-refractivity contribution in [1.82, 2.24) is 4.90 Å². The number of hydrogen-bond acceptors (Lipinski definition) is 3. The number of carboxylic acids is 1. The van der Waals surface area contributed by atoms with Crippen molar-refractivity contribution in [2.24, 2.45) is 0 Å². The van der Waals surface area contributed by atoms with Crippen molar-refractivity contribution in [3.63, 3.8) is 0 Å². The smallest absolute Gasteiger partial charge is 0.310 e. The van der Waals surface area contributed by atoms with Crippen molar-refractivity contribution >= 4 is 28.9 Å². The zero-order valence-corrected chi connectivity index (χ0v) is 13.6. The molecule has 5 heteroatoms. The normalized spacial score (nSPS) is 12.6. The quantitative estimate of drug-likeness (QED) is 0.865. The Morgan fingerprint density at radius 3 is 2.43 bits per heavy atom. The molecule has 21 heavy (non-hydrogen) atoms. The van der Waals surface area contributed by atoms with Gasteiger partial charge in [-0.3, -0.25) is 9.69 Å². The number of carboxylic acid groups (broad SMARTS) is 1. The summed E-state index contributed by atoms with van der Waals surface area (Å²) in [7, 11) is 2.06. The van der Waals surface area contributed by atoms with Crippen molar-refractivity contribution in [3.8, 4) is 0 Å². The number of carbonyl (C=O) groups is 1. The Balaban J connectivity index is 1.95. The maximum atomic E-state index is 10.9. The van der Waals surface area contributed by atoms with Crippen LogP contribution in [0.3, 0.4) is 0 Å². The molecule has 0 saturated heterocycles. The molecule has 0 bridgehead atoms. The van der Waals surface area contributed by atoms with Gasteiger partial charge in [0.15, 0.2) is 0 Å². The number of thiophene rings is 1. The average Bonchev–Trinajstić information content (AvgIpc) is 2.83. The van der Waals surface area contributed by atoms with Crippen LogP contribution < -0.4 is 0 Å². The first-order valence-electron chi connectivity index (χ1n) is 6.70. The van der Waals surface area contributed by atoms with E-state index in [4.69, 9.17) is 16.7 Å². The van der Waals surface area contributed by atoms with Crippen LogP contribution in [0.2, 0.25) is 4.34 Å². The number of halogens is 1. The van der Waals surface area contributed by atoms with E-state index in [1.807, 2.05) is 36.4 Å². The molecule has 1 aromatic heterocycles. The lowest BCUT2D eigenvalue weighted by Gasteiger charge is -2.16. The molecule has 3 nitrogen and oxygen atoms in total. The van der Waals surface area contributed by atoms with E-state index < -0.39 is 11.9 Å². The van der Waals surface area contributed by atoms with Gasteiger partial charge in [0, 0.05) is 18.0 Å². The second-order valence-electron chi connectivity index (χ2n) is 5.18. The Morgan fingerprint density at radius 1 is 1.24 bits per heavy atom. The zero-order chi connectivity index (χ0) is 15.4. The van der Waals surface area contributed by atoms with E-state index in [-0.39, 0.29) is 0 Å². The Bertz CT molecular complexity index is 609. The Morgan fingerprint density at radius 2 is 1.90 bits per heavy atom. The SMILES string of the molecule is CC(C(=O)O)c1ccc(CN(C)Cc2ccc(Cl)s2)cc1. The number of rotatable bonds is 6. The maximum Gasteiger partial charge on any atom is 0.310 e. The topological polar surface area (TPSA) is 40.5 Å². The van der Waals surface area contributed by atoms with E-state index >= 15 is 0 Å². The van der Waals surface area contributed by atoms with Crippen LogP contribution in [0, 0.1) is 0 Å². The van der Waals surface area contributed by atoms with Crippen molar-refractivity contribution in [2.45, 2.75) is 25.9 Å². The highest BCUT2D eigenvalue weighted by molar-refractivity contribution is 7.16. The lowest BCUT2D eigenvalue weighted by molar-refractivity contribution is -0.138. The van der Waals surface area contributed by atoms with Crippen LogP contribution in [0.15, 0.2) is 36.4 Å². The number of nitrogens with zero attached hydrogens (tertiary/aromatic N) is 1. The van der Waals surface area contributed by atoms with Crippen LogP contribution >= 0.6 is 22.9 Å². The van der Waals surface area contributed by atoms with E-state index in [2.05, 4.69) is 11.9 Å². The standard InChI is InChI=1S/C16H18ClNO2S/c1-11(16(19)20)13-5-3-12(4-6-13)9-18(2)10-14-7-8-15(17)21-14/h3-8,11H,9-10H2,1-2H3,(H,19,20). The molecule has 1 heterocycles. The third-order valence-electron chi connectivity index (χ3n) is 3.36. The fraction of sp³-hybridized carbons (Fsp3) is 0.312. The van der Waals surface area contributed by atoms with Crippen LogP contribution in [0.25, 0.3) is 0 Å². The molecular weight excluding hydrogens is 306 g/mol. The zero-order valence-electron chi connectivity index (χ0n) is 12.0. The predicted octanol–water partition coefficient (Wildman–Crippen LogP) is 4.22. The molecule has 0 radical (unpaired) electrons. The molecule has 0 aliphatic heterocycles. The molecule has 1 unspecified atom stereocenters. The molecule has 0 fully saturated rings. The molecule has 0 amide bonds. The lowest BCUT2D eigenvalue weighted by Crippen LogP contribution is -2.16. The maximum absolute atomic E-state index is 10.9. The summed E-state index contributed by atoms with van der Waals surface area (Å²) in [5, 5.41) is 9.00. The monoisotopic (exact) mass is 323 g/mol. The average molecular weight is 324 g/mol. The lowest BCUT2D eigenvalue weighted by atomic mass is 10.00. The highest BCUT2D eigenvalue weighted by Crippen LogP contribution is 2.23. The van der Waals surface area contributed by atoms with E-state index in [0.717, 1.165) is 23.0 Å². The van der Waals surface area contributed by atoms with Crippen LogP contribution in [-0.4, -0.2) is 23.0 Å². The number of aliphatic carboxylic acids is 1. The third-order valence-corrected chi connectivity index (χ3v) is 4.57. The van der Waals surface area contributed by atoms with Crippen LogP contribution in [-0.2, 0) is 17.9 Å². The molecule has 2 rings (SSSR count). The largest absolute Gasteiger partial charge is 0.481 e. The fourth-order valence-corrected chi connectivity index (χ4v) is 3.29. The molecule has 0 aliphatic carbocycles.